The molecule has 0 unspecified atom stereocenters. The Morgan fingerprint density at radius 1 is 1.20 bits per heavy atom. The van der Waals surface area contributed by atoms with Crippen LogP contribution in [0.15, 0.2) is 60.4 Å². The molecule has 0 spiro atoms. The molecule has 1 rings (SSSR count). The van der Waals surface area contributed by atoms with Gasteiger partial charge in [-0.3, -0.25) is 0 Å². The molecule has 1 aromatic carbocycles. The van der Waals surface area contributed by atoms with Gasteiger partial charge in [0.05, 0.1) is 0 Å². The zero-order chi connectivity index (χ0) is 14.8. The van der Waals surface area contributed by atoms with Crippen molar-refractivity contribution in [3.8, 4) is 18.3 Å². The lowest BCUT2D eigenvalue weighted by Gasteiger charge is -2.02. The first-order chi connectivity index (χ1) is 9.69. The number of ether oxygens (including phenoxy) is 2. The monoisotopic (exact) mass is 266 g/mol. The van der Waals surface area contributed by atoms with E-state index in [1.807, 2.05) is 12.1 Å². The molecule has 20 heavy (non-hydrogen) atoms. The van der Waals surface area contributed by atoms with Crippen LogP contribution in [0.1, 0.15) is 12.5 Å². The van der Waals surface area contributed by atoms with Gasteiger partial charge in [0.2, 0.25) is 0 Å². The number of rotatable bonds is 6. The van der Waals surface area contributed by atoms with Crippen molar-refractivity contribution in [3.63, 3.8) is 0 Å². The molecule has 4 heteroatoms. The van der Waals surface area contributed by atoms with E-state index in [4.69, 9.17) is 20.0 Å². The quantitative estimate of drug-likeness (QED) is 0.448. The summed E-state index contributed by atoms with van der Waals surface area (Å²) >= 11 is 0. The molecule has 0 aliphatic rings. The summed E-state index contributed by atoms with van der Waals surface area (Å²) in [6.45, 7) is 5.72. The smallest absolute Gasteiger partial charge is 0.292 e. The zero-order valence-corrected chi connectivity index (χ0v) is 11.2. The van der Waals surface area contributed by atoms with Crippen molar-refractivity contribution in [1.82, 2.24) is 0 Å². The summed E-state index contributed by atoms with van der Waals surface area (Å²) in [5.74, 6) is 0.988. The highest BCUT2D eigenvalue weighted by molar-refractivity contribution is 5.33. The van der Waals surface area contributed by atoms with Gasteiger partial charge in [0.1, 0.15) is 11.5 Å². The third-order valence-electron chi connectivity index (χ3n) is 2.45. The molecular weight excluding hydrogens is 252 g/mol. The molecule has 100 valence electrons. The van der Waals surface area contributed by atoms with Crippen LogP contribution in [0.3, 0.4) is 0 Å². The van der Waals surface area contributed by atoms with Crippen molar-refractivity contribution >= 4 is 0 Å². The minimum atomic E-state index is 0.478. The largest absolute Gasteiger partial charge is 0.388 e. The van der Waals surface area contributed by atoms with E-state index in [9.17, 15) is 0 Å². The van der Waals surface area contributed by atoms with Crippen LogP contribution in [0, 0.1) is 23.0 Å². The number of hydrogen-bond donors (Lipinski definition) is 0. The van der Waals surface area contributed by atoms with E-state index in [2.05, 4.69) is 6.58 Å². The van der Waals surface area contributed by atoms with Crippen molar-refractivity contribution in [3.05, 3.63) is 66.0 Å². The maximum Gasteiger partial charge on any atom is 0.292 e. The first-order valence-electron chi connectivity index (χ1n) is 5.92. The summed E-state index contributed by atoms with van der Waals surface area (Å²) in [5.41, 5.74) is 1.92. The molecule has 0 aliphatic heterocycles. The van der Waals surface area contributed by atoms with E-state index < -0.39 is 0 Å². The second kappa shape index (κ2) is 8.18. The summed E-state index contributed by atoms with van der Waals surface area (Å²) in [4.78, 5) is 0. The van der Waals surface area contributed by atoms with Gasteiger partial charge in [-0.05, 0) is 43.2 Å². The molecule has 0 radical (unpaired) electrons. The number of nitriles is 2. The first kappa shape index (κ1) is 15.1. The second-order valence-electron chi connectivity index (χ2n) is 3.89. The van der Waals surface area contributed by atoms with Gasteiger partial charge in [0.15, 0.2) is 0 Å². The highest BCUT2D eigenvalue weighted by Crippen LogP contribution is 2.15. The molecule has 0 heterocycles. The van der Waals surface area contributed by atoms with Crippen LogP contribution in [0.25, 0.3) is 0 Å². The SMILES string of the molecule is C=C(/C=C\C(=C/C)OC#N)Cc1ccc(OC#N)cc1. The Kier molecular flexibility index (Phi) is 6.17. The Morgan fingerprint density at radius 3 is 2.45 bits per heavy atom. The van der Waals surface area contributed by atoms with Crippen LogP contribution in [0.2, 0.25) is 0 Å². The molecule has 0 saturated heterocycles. The Morgan fingerprint density at radius 2 is 1.90 bits per heavy atom. The van der Waals surface area contributed by atoms with Crippen LogP contribution >= 0.6 is 0 Å². The van der Waals surface area contributed by atoms with Crippen LogP contribution in [-0.2, 0) is 11.2 Å². The zero-order valence-electron chi connectivity index (χ0n) is 11.2. The highest BCUT2D eigenvalue weighted by Gasteiger charge is 1.98. The fourth-order valence-corrected chi connectivity index (χ4v) is 1.49. The number of benzene rings is 1. The van der Waals surface area contributed by atoms with Gasteiger partial charge >= 0.3 is 0 Å². The van der Waals surface area contributed by atoms with Gasteiger partial charge in [-0.2, -0.15) is 0 Å². The fraction of sp³-hybridized carbons (Fsp3) is 0.125. The molecule has 1 aromatic rings. The maximum absolute atomic E-state index is 8.43. The van der Waals surface area contributed by atoms with Crippen LogP contribution < -0.4 is 4.74 Å². The summed E-state index contributed by atoms with van der Waals surface area (Å²) in [7, 11) is 0. The minimum Gasteiger partial charge on any atom is -0.388 e. The summed E-state index contributed by atoms with van der Waals surface area (Å²) < 4.78 is 9.43. The van der Waals surface area contributed by atoms with Gasteiger partial charge in [-0.25, -0.2) is 0 Å². The molecule has 4 nitrogen and oxygen atoms in total. The Labute approximate surface area is 118 Å². The van der Waals surface area contributed by atoms with E-state index in [1.54, 1.807) is 49.8 Å². The minimum absolute atomic E-state index is 0.478. The first-order valence-corrected chi connectivity index (χ1v) is 5.92. The molecule has 0 aliphatic carbocycles. The predicted octanol–water partition coefficient (Wildman–Crippen LogP) is 3.60. The predicted molar refractivity (Wildman–Crippen MR) is 75.1 cm³/mol. The molecule has 0 bridgehead atoms. The standard InChI is InChI=1S/C16H14N2O2/c1-3-15(19-11-17)7-4-13(2)10-14-5-8-16(9-6-14)20-12-18/h3-9H,2,10H2,1H3/b7-4-,15-3+. The highest BCUT2D eigenvalue weighted by atomic mass is 16.5. The van der Waals surface area contributed by atoms with Gasteiger partial charge in [-0.1, -0.05) is 30.4 Å². The van der Waals surface area contributed by atoms with Gasteiger partial charge in [0, 0.05) is 0 Å². The molecular formula is C16H14N2O2. The molecule has 0 saturated carbocycles. The summed E-state index contributed by atoms with van der Waals surface area (Å²) in [5, 5.41) is 16.8. The molecule has 0 aromatic heterocycles. The van der Waals surface area contributed by atoms with E-state index in [0.717, 1.165) is 11.1 Å². The lowest BCUT2D eigenvalue weighted by molar-refractivity contribution is 0.392. The van der Waals surface area contributed by atoms with Crippen molar-refractivity contribution in [2.75, 3.05) is 0 Å². The Bertz CT molecular complexity index is 599. The van der Waals surface area contributed by atoms with Crippen molar-refractivity contribution in [1.29, 1.82) is 10.5 Å². The average Bonchev–Trinajstić information content (AvgIpc) is 2.46. The van der Waals surface area contributed by atoms with Crippen LogP contribution in [0.4, 0.5) is 0 Å². The third kappa shape index (κ3) is 5.12. The number of allylic oxidation sites excluding steroid dienone is 4. The van der Waals surface area contributed by atoms with Crippen molar-refractivity contribution in [2.45, 2.75) is 13.3 Å². The molecule has 0 atom stereocenters. The van der Waals surface area contributed by atoms with E-state index in [0.29, 0.717) is 17.9 Å². The number of hydrogen-bond acceptors (Lipinski definition) is 4. The summed E-state index contributed by atoms with van der Waals surface area (Å²) in [6.07, 6.45) is 9.09. The molecule has 0 amide bonds. The topological polar surface area (TPSA) is 66.0 Å². The van der Waals surface area contributed by atoms with Gasteiger partial charge in [0.25, 0.3) is 12.5 Å². The Balaban J connectivity index is 2.61. The van der Waals surface area contributed by atoms with Crippen molar-refractivity contribution < 1.29 is 9.47 Å². The van der Waals surface area contributed by atoms with Crippen molar-refractivity contribution in [2.24, 2.45) is 0 Å². The maximum atomic E-state index is 8.43. The van der Waals surface area contributed by atoms with Crippen LogP contribution in [-0.4, -0.2) is 0 Å². The summed E-state index contributed by atoms with van der Waals surface area (Å²) in [6, 6.07) is 7.19. The Hall–Kier alpha value is -2.98. The third-order valence-corrected chi connectivity index (χ3v) is 2.45. The van der Waals surface area contributed by atoms with Crippen LogP contribution in [0.5, 0.6) is 5.75 Å². The van der Waals surface area contributed by atoms with E-state index >= 15 is 0 Å². The lowest BCUT2D eigenvalue weighted by Crippen LogP contribution is -1.88. The van der Waals surface area contributed by atoms with E-state index in [-0.39, 0.29) is 0 Å². The second-order valence-corrected chi connectivity index (χ2v) is 3.89. The normalized spacial score (nSPS) is 10.7. The van der Waals surface area contributed by atoms with Gasteiger partial charge < -0.3 is 9.47 Å². The van der Waals surface area contributed by atoms with E-state index in [1.165, 1.54) is 0 Å². The lowest BCUT2D eigenvalue weighted by atomic mass is 10.1. The number of nitrogens with zero attached hydrogens (tertiary/aromatic N) is 2. The fourth-order valence-electron chi connectivity index (χ4n) is 1.49. The molecule has 0 N–H and O–H groups in total. The molecule has 0 fully saturated rings. The van der Waals surface area contributed by atoms with Gasteiger partial charge in [-0.15, -0.1) is 10.5 Å². The average molecular weight is 266 g/mol.